The Morgan fingerprint density at radius 1 is 1.31 bits per heavy atom. The lowest BCUT2D eigenvalue weighted by atomic mass is 10.3. The molecule has 0 rings (SSSR count). The van der Waals surface area contributed by atoms with Gasteiger partial charge in [-0.25, -0.2) is 0 Å². The zero-order valence-corrected chi connectivity index (χ0v) is 8.89. The van der Waals surface area contributed by atoms with Crippen LogP contribution in [0.25, 0.3) is 0 Å². The van der Waals surface area contributed by atoms with E-state index in [9.17, 15) is 4.79 Å². The number of hydrogen-bond donors (Lipinski definition) is 2. The van der Waals surface area contributed by atoms with Crippen LogP contribution < -0.4 is 10.6 Å². The molecule has 4 nitrogen and oxygen atoms in total. The lowest BCUT2D eigenvalue weighted by molar-refractivity contribution is -0.120. The van der Waals surface area contributed by atoms with Gasteiger partial charge >= 0.3 is 0 Å². The molecule has 0 aromatic carbocycles. The molecule has 0 aliphatic rings. The maximum Gasteiger partial charge on any atom is 0.219 e. The third-order valence-electron chi connectivity index (χ3n) is 1.77. The fourth-order valence-electron chi connectivity index (χ4n) is 0.927. The fraction of sp³-hybridized carbons (Fsp3) is 0.889. The van der Waals surface area contributed by atoms with Crippen molar-refractivity contribution in [2.45, 2.75) is 12.8 Å². The number of rotatable bonds is 7. The Hall–Kier alpha value is -0.610. The van der Waals surface area contributed by atoms with E-state index in [2.05, 4.69) is 15.5 Å². The van der Waals surface area contributed by atoms with Crippen LogP contribution in [-0.4, -0.2) is 51.6 Å². The van der Waals surface area contributed by atoms with Gasteiger partial charge in [-0.2, -0.15) is 0 Å². The number of amides is 1. The molecule has 0 atom stereocenters. The Morgan fingerprint density at radius 3 is 2.54 bits per heavy atom. The molecule has 0 aliphatic carbocycles. The zero-order chi connectivity index (χ0) is 10.1. The summed E-state index contributed by atoms with van der Waals surface area (Å²) in [6.45, 7) is 2.95. The number of hydrogen-bond acceptors (Lipinski definition) is 3. The Kier molecular flexibility index (Phi) is 7.63. The van der Waals surface area contributed by atoms with Crippen molar-refractivity contribution in [1.82, 2.24) is 15.5 Å². The van der Waals surface area contributed by atoms with Crippen molar-refractivity contribution in [2.24, 2.45) is 0 Å². The van der Waals surface area contributed by atoms with Crippen LogP contribution in [0.1, 0.15) is 12.8 Å². The molecule has 1 amide bonds. The molecule has 78 valence electrons. The van der Waals surface area contributed by atoms with Crippen molar-refractivity contribution in [3.63, 3.8) is 0 Å². The topological polar surface area (TPSA) is 44.4 Å². The van der Waals surface area contributed by atoms with Gasteiger partial charge in [-0.1, -0.05) is 0 Å². The van der Waals surface area contributed by atoms with Crippen molar-refractivity contribution in [2.75, 3.05) is 40.8 Å². The predicted octanol–water partition coefficient (Wildman–Crippen LogP) is -0.336. The summed E-state index contributed by atoms with van der Waals surface area (Å²) in [5.41, 5.74) is 0. The quantitative estimate of drug-likeness (QED) is 0.536. The highest BCUT2D eigenvalue weighted by Crippen LogP contribution is 1.85. The van der Waals surface area contributed by atoms with Crippen LogP contribution in [0.2, 0.25) is 0 Å². The summed E-state index contributed by atoms with van der Waals surface area (Å²) in [6, 6.07) is 0. The summed E-state index contributed by atoms with van der Waals surface area (Å²) in [7, 11) is 5.76. The molecule has 0 bridgehead atoms. The molecule has 2 N–H and O–H groups in total. The Morgan fingerprint density at radius 2 is 2.00 bits per heavy atom. The summed E-state index contributed by atoms with van der Waals surface area (Å²) >= 11 is 0. The molecule has 0 saturated carbocycles. The molecular weight excluding hydrogens is 166 g/mol. The van der Waals surface area contributed by atoms with Gasteiger partial charge < -0.3 is 15.5 Å². The van der Waals surface area contributed by atoms with E-state index in [4.69, 9.17) is 0 Å². The van der Waals surface area contributed by atoms with E-state index in [-0.39, 0.29) is 5.91 Å². The standard InChI is InChI=1S/C9H21N3O/c1-10-9(13)5-4-6-11-7-8-12(2)3/h11H,4-8H2,1-3H3,(H,10,13). The molecule has 13 heavy (non-hydrogen) atoms. The summed E-state index contributed by atoms with van der Waals surface area (Å²) in [6.07, 6.45) is 1.53. The first-order chi connectivity index (χ1) is 6.16. The highest BCUT2D eigenvalue weighted by atomic mass is 16.1. The summed E-state index contributed by atoms with van der Waals surface area (Å²) < 4.78 is 0. The van der Waals surface area contributed by atoms with Gasteiger partial charge in [0.1, 0.15) is 0 Å². The van der Waals surface area contributed by atoms with Crippen molar-refractivity contribution < 1.29 is 4.79 Å². The van der Waals surface area contributed by atoms with Gasteiger partial charge in [-0.15, -0.1) is 0 Å². The van der Waals surface area contributed by atoms with Crippen LogP contribution in [0.5, 0.6) is 0 Å². The van der Waals surface area contributed by atoms with E-state index in [1.807, 2.05) is 14.1 Å². The number of carbonyl (C=O) groups excluding carboxylic acids is 1. The third kappa shape index (κ3) is 9.30. The van der Waals surface area contributed by atoms with Gasteiger partial charge in [0.05, 0.1) is 0 Å². The van der Waals surface area contributed by atoms with Gasteiger partial charge in [0.15, 0.2) is 0 Å². The summed E-state index contributed by atoms with van der Waals surface area (Å²) in [5.74, 6) is 0.120. The molecule has 4 heteroatoms. The molecule has 0 unspecified atom stereocenters. The molecule has 0 fully saturated rings. The van der Waals surface area contributed by atoms with Gasteiger partial charge in [0.25, 0.3) is 0 Å². The van der Waals surface area contributed by atoms with E-state index in [0.717, 1.165) is 26.1 Å². The number of nitrogens with zero attached hydrogens (tertiary/aromatic N) is 1. The lowest BCUT2D eigenvalue weighted by Gasteiger charge is -2.09. The van der Waals surface area contributed by atoms with Gasteiger partial charge in [-0.3, -0.25) is 4.79 Å². The first-order valence-corrected chi connectivity index (χ1v) is 4.73. The largest absolute Gasteiger partial charge is 0.359 e. The summed E-state index contributed by atoms with van der Waals surface area (Å²) in [4.78, 5) is 12.9. The molecule has 0 saturated heterocycles. The summed E-state index contributed by atoms with van der Waals surface area (Å²) in [5, 5.41) is 5.87. The average molecular weight is 187 g/mol. The van der Waals surface area contributed by atoms with Crippen molar-refractivity contribution in [3.8, 4) is 0 Å². The lowest BCUT2D eigenvalue weighted by Crippen LogP contribution is -2.28. The molecule has 0 aliphatic heterocycles. The maximum atomic E-state index is 10.8. The first kappa shape index (κ1) is 12.4. The average Bonchev–Trinajstić information content (AvgIpc) is 2.10. The minimum absolute atomic E-state index is 0.120. The second-order valence-corrected chi connectivity index (χ2v) is 3.33. The highest BCUT2D eigenvalue weighted by Gasteiger charge is 1.96. The second-order valence-electron chi connectivity index (χ2n) is 3.33. The van der Waals surface area contributed by atoms with Crippen LogP contribution in [0, 0.1) is 0 Å². The molecular formula is C9H21N3O. The first-order valence-electron chi connectivity index (χ1n) is 4.73. The number of nitrogens with one attached hydrogen (secondary N) is 2. The van der Waals surface area contributed by atoms with Gasteiger partial charge in [0, 0.05) is 26.6 Å². The van der Waals surface area contributed by atoms with Crippen LogP contribution in [0.15, 0.2) is 0 Å². The van der Waals surface area contributed by atoms with Crippen molar-refractivity contribution in [3.05, 3.63) is 0 Å². The molecule has 0 aromatic rings. The monoisotopic (exact) mass is 187 g/mol. The molecule has 0 spiro atoms. The van der Waals surface area contributed by atoms with Crippen molar-refractivity contribution >= 4 is 5.91 Å². The van der Waals surface area contributed by atoms with E-state index >= 15 is 0 Å². The minimum atomic E-state index is 0.120. The van der Waals surface area contributed by atoms with Gasteiger partial charge in [0.2, 0.25) is 5.91 Å². The molecule has 0 heterocycles. The number of likely N-dealkylation sites (N-methyl/N-ethyl adjacent to an activating group) is 1. The van der Waals surface area contributed by atoms with E-state index in [1.54, 1.807) is 7.05 Å². The van der Waals surface area contributed by atoms with Crippen molar-refractivity contribution in [1.29, 1.82) is 0 Å². The van der Waals surface area contributed by atoms with Gasteiger partial charge in [-0.05, 0) is 27.1 Å². The Balaban J connectivity index is 3.04. The fourth-order valence-corrected chi connectivity index (χ4v) is 0.927. The molecule has 0 radical (unpaired) electrons. The van der Waals surface area contributed by atoms with Crippen LogP contribution in [0.4, 0.5) is 0 Å². The molecule has 0 aromatic heterocycles. The predicted molar refractivity (Wildman–Crippen MR) is 54.7 cm³/mol. The Bertz CT molecular complexity index is 137. The van der Waals surface area contributed by atoms with E-state index < -0.39 is 0 Å². The smallest absolute Gasteiger partial charge is 0.219 e. The Labute approximate surface area is 80.7 Å². The SMILES string of the molecule is CNC(=O)CCCNCCN(C)C. The third-order valence-corrected chi connectivity index (χ3v) is 1.77. The highest BCUT2D eigenvalue weighted by molar-refractivity contribution is 5.75. The van der Waals surface area contributed by atoms with E-state index in [0.29, 0.717) is 6.42 Å². The maximum absolute atomic E-state index is 10.8. The number of carbonyl (C=O) groups is 1. The minimum Gasteiger partial charge on any atom is -0.359 e. The van der Waals surface area contributed by atoms with Crippen LogP contribution in [-0.2, 0) is 4.79 Å². The van der Waals surface area contributed by atoms with Crippen LogP contribution in [0.3, 0.4) is 0 Å². The zero-order valence-electron chi connectivity index (χ0n) is 8.89. The van der Waals surface area contributed by atoms with E-state index in [1.165, 1.54) is 0 Å². The normalized spacial score (nSPS) is 10.5. The van der Waals surface area contributed by atoms with Crippen LogP contribution >= 0.6 is 0 Å². The second kappa shape index (κ2) is 8.01.